The highest BCUT2D eigenvalue weighted by molar-refractivity contribution is 9.10. The van der Waals surface area contributed by atoms with Gasteiger partial charge in [0.15, 0.2) is 0 Å². The minimum absolute atomic E-state index is 0.375. The standard InChI is InChI=1S/C14H10BrClO2S/c15-14-7-12(16)5-4-11(14)9-19(18)13-3-1-2-10(6-13)8-17/h1-8H,9H2. The number of aldehydes is 1. The second-order valence-corrected chi connectivity index (χ2v) is 6.66. The molecule has 2 nitrogen and oxygen atoms in total. The van der Waals surface area contributed by atoms with E-state index in [1.807, 2.05) is 6.07 Å². The lowest BCUT2D eigenvalue weighted by Gasteiger charge is -2.06. The Bertz CT molecular complexity index is 643. The second kappa shape index (κ2) is 6.46. The summed E-state index contributed by atoms with van der Waals surface area (Å²) in [7, 11) is -1.20. The highest BCUT2D eigenvalue weighted by Gasteiger charge is 2.09. The maximum atomic E-state index is 12.3. The van der Waals surface area contributed by atoms with Crippen molar-refractivity contribution in [2.45, 2.75) is 10.6 Å². The van der Waals surface area contributed by atoms with Gasteiger partial charge in [-0.3, -0.25) is 9.00 Å². The van der Waals surface area contributed by atoms with Crippen molar-refractivity contribution in [3.63, 3.8) is 0 Å². The zero-order chi connectivity index (χ0) is 13.8. The molecule has 0 aromatic heterocycles. The van der Waals surface area contributed by atoms with E-state index in [-0.39, 0.29) is 0 Å². The number of carbonyl (C=O) groups is 1. The van der Waals surface area contributed by atoms with Gasteiger partial charge in [-0.05, 0) is 29.8 Å². The van der Waals surface area contributed by atoms with Gasteiger partial charge in [-0.15, -0.1) is 0 Å². The normalized spacial score (nSPS) is 12.1. The monoisotopic (exact) mass is 356 g/mol. The highest BCUT2D eigenvalue weighted by Crippen LogP contribution is 2.24. The van der Waals surface area contributed by atoms with Crippen molar-refractivity contribution in [1.82, 2.24) is 0 Å². The summed E-state index contributed by atoms with van der Waals surface area (Å²) < 4.78 is 13.1. The van der Waals surface area contributed by atoms with Crippen LogP contribution < -0.4 is 0 Å². The van der Waals surface area contributed by atoms with Crippen LogP contribution in [0, 0.1) is 0 Å². The maximum absolute atomic E-state index is 12.3. The number of benzene rings is 2. The Morgan fingerprint density at radius 3 is 2.68 bits per heavy atom. The zero-order valence-electron chi connectivity index (χ0n) is 9.81. The van der Waals surface area contributed by atoms with Gasteiger partial charge in [0, 0.05) is 20.0 Å². The fraction of sp³-hybridized carbons (Fsp3) is 0.0714. The van der Waals surface area contributed by atoms with Crippen molar-refractivity contribution < 1.29 is 9.00 Å². The first-order valence-electron chi connectivity index (χ1n) is 5.47. The average molecular weight is 358 g/mol. The van der Waals surface area contributed by atoms with E-state index in [1.54, 1.807) is 36.4 Å². The highest BCUT2D eigenvalue weighted by atomic mass is 79.9. The van der Waals surface area contributed by atoms with Crippen LogP contribution in [0.1, 0.15) is 15.9 Å². The molecule has 0 saturated heterocycles. The Balaban J connectivity index is 2.22. The fourth-order valence-electron chi connectivity index (χ4n) is 1.59. The van der Waals surface area contributed by atoms with Gasteiger partial charge < -0.3 is 0 Å². The van der Waals surface area contributed by atoms with Gasteiger partial charge >= 0.3 is 0 Å². The van der Waals surface area contributed by atoms with Crippen LogP contribution in [-0.4, -0.2) is 10.5 Å². The summed E-state index contributed by atoms with van der Waals surface area (Å²) in [6.45, 7) is 0. The molecule has 0 N–H and O–H groups in total. The maximum Gasteiger partial charge on any atom is 0.150 e. The molecule has 0 spiro atoms. The summed E-state index contributed by atoms with van der Waals surface area (Å²) in [5.41, 5.74) is 1.44. The van der Waals surface area contributed by atoms with Crippen molar-refractivity contribution in [3.8, 4) is 0 Å². The Hall–Kier alpha value is -0.970. The number of hydrogen-bond acceptors (Lipinski definition) is 2. The number of halogens is 2. The molecule has 0 amide bonds. The number of rotatable bonds is 4. The van der Waals surface area contributed by atoms with Crippen molar-refractivity contribution >= 4 is 44.6 Å². The predicted octanol–water partition coefficient (Wildman–Crippen LogP) is 4.22. The van der Waals surface area contributed by atoms with E-state index < -0.39 is 10.8 Å². The third-order valence-corrected chi connectivity index (χ3v) is 4.88. The van der Waals surface area contributed by atoms with Gasteiger partial charge in [-0.25, -0.2) is 0 Å². The lowest BCUT2D eigenvalue weighted by atomic mass is 10.2. The van der Waals surface area contributed by atoms with Crippen LogP contribution in [0.4, 0.5) is 0 Å². The molecule has 2 aromatic carbocycles. The summed E-state index contributed by atoms with van der Waals surface area (Å²) in [5.74, 6) is 0.375. The Morgan fingerprint density at radius 1 is 1.21 bits per heavy atom. The quantitative estimate of drug-likeness (QED) is 0.768. The molecule has 0 bridgehead atoms. The van der Waals surface area contributed by atoms with Crippen molar-refractivity contribution in [2.75, 3.05) is 0 Å². The molecular formula is C14H10BrClO2S. The Kier molecular flexibility index (Phi) is 4.91. The summed E-state index contributed by atoms with van der Waals surface area (Å²) >= 11 is 9.27. The van der Waals surface area contributed by atoms with Crippen molar-refractivity contribution in [1.29, 1.82) is 0 Å². The minimum atomic E-state index is -1.20. The molecule has 19 heavy (non-hydrogen) atoms. The first kappa shape index (κ1) is 14.4. The Labute approximate surface area is 127 Å². The SMILES string of the molecule is O=Cc1cccc(S(=O)Cc2ccc(Cl)cc2Br)c1. The molecule has 0 aliphatic carbocycles. The van der Waals surface area contributed by atoms with Crippen LogP contribution in [0.5, 0.6) is 0 Å². The van der Waals surface area contributed by atoms with Crippen LogP contribution in [0.2, 0.25) is 5.02 Å². The van der Waals surface area contributed by atoms with Gasteiger partial charge in [0.05, 0.1) is 16.6 Å². The molecule has 0 fully saturated rings. The van der Waals surface area contributed by atoms with E-state index in [9.17, 15) is 9.00 Å². The summed E-state index contributed by atoms with van der Waals surface area (Å²) in [6.07, 6.45) is 0.749. The van der Waals surface area contributed by atoms with Crippen LogP contribution >= 0.6 is 27.5 Å². The van der Waals surface area contributed by atoms with Crippen LogP contribution in [0.25, 0.3) is 0 Å². The first-order valence-corrected chi connectivity index (χ1v) is 7.96. The lowest BCUT2D eigenvalue weighted by molar-refractivity contribution is 0.112. The van der Waals surface area contributed by atoms with Crippen LogP contribution in [0.3, 0.4) is 0 Å². The largest absolute Gasteiger partial charge is 0.298 e. The fourth-order valence-corrected chi connectivity index (χ4v) is 3.80. The van der Waals surface area contributed by atoms with Gasteiger partial charge in [-0.1, -0.05) is 45.7 Å². The summed E-state index contributed by atoms with van der Waals surface area (Å²) in [6, 6.07) is 12.2. The summed E-state index contributed by atoms with van der Waals surface area (Å²) in [5, 5.41) is 0.629. The molecule has 98 valence electrons. The van der Waals surface area contributed by atoms with Gasteiger partial charge in [0.25, 0.3) is 0 Å². The smallest absolute Gasteiger partial charge is 0.150 e. The average Bonchev–Trinajstić information content (AvgIpc) is 2.42. The molecule has 0 saturated carbocycles. The molecule has 1 unspecified atom stereocenters. The van der Waals surface area contributed by atoms with Crippen LogP contribution in [0.15, 0.2) is 51.8 Å². The molecule has 0 aliphatic rings. The molecule has 2 rings (SSSR count). The lowest BCUT2D eigenvalue weighted by Crippen LogP contribution is -1.98. The number of hydrogen-bond donors (Lipinski definition) is 0. The van der Waals surface area contributed by atoms with E-state index in [4.69, 9.17) is 11.6 Å². The first-order chi connectivity index (χ1) is 9.10. The molecule has 0 radical (unpaired) electrons. The molecule has 1 atom stereocenters. The molecule has 0 heterocycles. The van der Waals surface area contributed by atoms with Crippen molar-refractivity contribution in [3.05, 3.63) is 63.1 Å². The van der Waals surface area contributed by atoms with Gasteiger partial charge in [-0.2, -0.15) is 0 Å². The minimum Gasteiger partial charge on any atom is -0.298 e. The third kappa shape index (κ3) is 3.75. The van der Waals surface area contributed by atoms with Crippen molar-refractivity contribution in [2.24, 2.45) is 0 Å². The predicted molar refractivity (Wildman–Crippen MR) is 81.1 cm³/mol. The number of carbonyl (C=O) groups excluding carboxylic acids is 1. The molecule has 2 aromatic rings. The van der Waals surface area contributed by atoms with E-state index in [0.29, 0.717) is 21.2 Å². The molecule has 0 aliphatic heterocycles. The Morgan fingerprint density at radius 2 is 2.00 bits per heavy atom. The topological polar surface area (TPSA) is 34.1 Å². The van der Waals surface area contributed by atoms with E-state index in [1.165, 1.54) is 0 Å². The molecule has 5 heteroatoms. The van der Waals surface area contributed by atoms with E-state index in [0.717, 1.165) is 16.3 Å². The van der Waals surface area contributed by atoms with E-state index >= 15 is 0 Å². The van der Waals surface area contributed by atoms with Gasteiger partial charge in [0.2, 0.25) is 0 Å². The second-order valence-electron chi connectivity index (χ2n) is 3.92. The van der Waals surface area contributed by atoms with Gasteiger partial charge in [0.1, 0.15) is 6.29 Å². The summed E-state index contributed by atoms with van der Waals surface area (Å²) in [4.78, 5) is 11.4. The molecular weight excluding hydrogens is 348 g/mol. The third-order valence-electron chi connectivity index (χ3n) is 2.56. The van der Waals surface area contributed by atoms with Crippen LogP contribution in [-0.2, 0) is 16.6 Å². The van der Waals surface area contributed by atoms with E-state index in [2.05, 4.69) is 15.9 Å². The zero-order valence-corrected chi connectivity index (χ0v) is 13.0.